The van der Waals surface area contributed by atoms with Gasteiger partial charge in [0.2, 0.25) is 6.10 Å². The number of ether oxygens (including phenoxy) is 3. The summed E-state index contributed by atoms with van der Waals surface area (Å²) in [7, 11) is 1.61. The Kier molecular flexibility index (Phi) is 5.42. The average molecular weight is 388 g/mol. The number of nitrogens with zero attached hydrogens (tertiary/aromatic N) is 1. The third-order valence-corrected chi connectivity index (χ3v) is 4.52. The van der Waals surface area contributed by atoms with Crippen LogP contribution in [0.1, 0.15) is 17.2 Å². The molecule has 29 heavy (non-hydrogen) atoms. The maximum atomic E-state index is 12.8. The van der Waals surface area contributed by atoms with E-state index in [0.29, 0.717) is 11.5 Å². The minimum absolute atomic E-state index is 0.391. The van der Waals surface area contributed by atoms with Gasteiger partial charge in [-0.1, -0.05) is 42.5 Å². The number of carbonyl (C=O) groups excluding carboxylic acids is 1. The van der Waals surface area contributed by atoms with Crippen molar-refractivity contribution in [2.45, 2.75) is 12.2 Å². The molecule has 0 saturated heterocycles. The molecule has 0 spiro atoms. The first-order chi connectivity index (χ1) is 14.2. The van der Waals surface area contributed by atoms with Crippen LogP contribution in [0.4, 0.5) is 0 Å². The highest BCUT2D eigenvalue weighted by atomic mass is 16.6. The summed E-state index contributed by atoms with van der Waals surface area (Å²) in [4.78, 5) is 12.8. The number of carbonyl (C=O) groups is 1. The molecule has 1 heterocycles. The average Bonchev–Trinajstić information content (AvgIpc) is 2.79. The first-order valence-corrected chi connectivity index (χ1v) is 9.19. The number of hydrazone groups is 1. The quantitative estimate of drug-likeness (QED) is 0.534. The van der Waals surface area contributed by atoms with Gasteiger partial charge in [0.1, 0.15) is 5.75 Å². The predicted molar refractivity (Wildman–Crippen MR) is 109 cm³/mol. The number of hydrogen-bond donors (Lipinski definition) is 1. The fraction of sp³-hybridized carbons (Fsp3) is 0.130. The van der Waals surface area contributed by atoms with Crippen LogP contribution in [0.2, 0.25) is 0 Å². The van der Waals surface area contributed by atoms with E-state index in [4.69, 9.17) is 14.2 Å². The van der Waals surface area contributed by atoms with E-state index in [2.05, 4.69) is 10.5 Å². The Morgan fingerprint density at radius 1 is 0.931 bits per heavy atom. The van der Waals surface area contributed by atoms with Gasteiger partial charge in [0.25, 0.3) is 5.91 Å². The molecule has 0 saturated carbocycles. The molecule has 2 atom stereocenters. The molecule has 4 rings (SSSR count). The molecule has 1 aliphatic rings. The van der Waals surface area contributed by atoms with Crippen LogP contribution in [-0.2, 0) is 4.79 Å². The molecule has 146 valence electrons. The molecule has 3 aromatic rings. The molecule has 1 N–H and O–H groups in total. The molecule has 0 radical (unpaired) electrons. The second-order valence-corrected chi connectivity index (χ2v) is 6.44. The van der Waals surface area contributed by atoms with Crippen molar-refractivity contribution < 1.29 is 19.0 Å². The van der Waals surface area contributed by atoms with Gasteiger partial charge in [0, 0.05) is 0 Å². The van der Waals surface area contributed by atoms with Gasteiger partial charge in [-0.25, -0.2) is 5.43 Å². The number of amides is 1. The van der Waals surface area contributed by atoms with Crippen LogP contribution in [0.15, 0.2) is 84.0 Å². The number of hydrogen-bond acceptors (Lipinski definition) is 5. The summed E-state index contributed by atoms with van der Waals surface area (Å²) in [5.41, 5.74) is 4.23. The van der Waals surface area contributed by atoms with Crippen LogP contribution >= 0.6 is 0 Å². The summed E-state index contributed by atoms with van der Waals surface area (Å²) in [5.74, 6) is 1.49. The standard InChI is InChI=1S/C23H20N2O4/c1-27-18-13-11-16(12-14-18)15-24-25-23(26)22-21(17-7-3-2-4-8-17)28-19-9-5-6-10-20(19)29-22/h2-15,21-22H,1H3,(H,25,26)/b24-15+. The van der Waals surface area contributed by atoms with Crippen LogP contribution in [0.3, 0.4) is 0 Å². The normalized spacial score (nSPS) is 17.7. The van der Waals surface area contributed by atoms with E-state index >= 15 is 0 Å². The van der Waals surface area contributed by atoms with Gasteiger partial charge in [0.05, 0.1) is 13.3 Å². The monoisotopic (exact) mass is 388 g/mol. The van der Waals surface area contributed by atoms with Crippen molar-refractivity contribution in [1.29, 1.82) is 0 Å². The Balaban J connectivity index is 1.52. The molecule has 0 aliphatic carbocycles. The Hall–Kier alpha value is -3.80. The minimum atomic E-state index is -0.875. The topological polar surface area (TPSA) is 69.2 Å². The molecular formula is C23H20N2O4. The molecule has 0 aromatic heterocycles. The van der Waals surface area contributed by atoms with Gasteiger partial charge in [-0.2, -0.15) is 5.10 Å². The van der Waals surface area contributed by atoms with Crippen molar-refractivity contribution in [3.05, 3.63) is 90.0 Å². The molecule has 6 heteroatoms. The molecule has 1 amide bonds. The van der Waals surface area contributed by atoms with Crippen LogP contribution in [0.25, 0.3) is 0 Å². The molecule has 1 aliphatic heterocycles. The zero-order valence-electron chi connectivity index (χ0n) is 15.8. The molecule has 2 unspecified atom stereocenters. The van der Waals surface area contributed by atoms with Gasteiger partial charge in [-0.15, -0.1) is 0 Å². The number of fused-ring (bicyclic) bond motifs is 1. The lowest BCUT2D eigenvalue weighted by Gasteiger charge is -2.32. The summed E-state index contributed by atoms with van der Waals surface area (Å²) in [6, 6.07) is 24.2. The van der Waals surface area contributed by atoms with Crippen LogP contribution in [0.5, 0.6) is 17.2 Å². The Bertz CT molecular complexity index is 1000. The Morgan fingerprint density at radius 2 is 1.59 bits per heavy atom. The van der Waals surface area contributed by atoms with Gasteiger partial charge in [-0.3, -0.25) is 4.79 Å². The van der Waals surface area contributed by atoms with Gasteiger partial charge < -0.3 is 14.2 Å². The zero-order chi connectivity index (χ0) is 20.1. The largest absolute Gasteiger partial charge is 0.497 e. The molecule has 0 fully saturated rings. The zero-order valence-corrected chi connectivity index (χ0v) is 15.8. The molecule has 3 aromatic carbocycles. The van der Waals surface area contributed by atoms with E-state index in [9.17, 15) is 4.79 Å². The van der Waals surface area contributed by atoms with E-state index in [1.807, 2.05) is 72.8 Å². The SMILES string of the molecule is COc1ccc(/C=N/NC(=O)C2Oc3ccccc3OC2c2ccccc2)cc1. The fourth-order valence-corrected chi connectivity index (χ4v) is 3.04. The summed E-state index contributed by atoms with van der Waals surface area (Å²) in [6.45, 7) is 0. The van der Waals surface area contributed by atoms with Gasteiger partial charge >= 0.3 is 0 Å². The third-order valence-electron chi connectivity index (χ3n) is 4.52. The summed E-state index contributed by atoms with van der Waals surface area (Å²) in [5, 5.41) is 4.06. The fourth-order valence-electron chi connectivity index (χ4n) is 3.04. The number of nitrogens with one attached hydrogen (secondary N) is 1. The minimum Gasteiger partial charge on any atom is -0.497 e. The van der Waals surface area contributed by atoms with E-state index in [1.54, 1.807) is 19.4 Å². The molecule has 6 nitrogen and oxygen atoms in total. The second kappa shape index (κ2) is 8.48. The second-order valence-electron chi connectivity index (χ2n) is 6.44. The highest BCUT2D eigenvalue weighted by Gasteiger charge is 2.38. The number of para-hydroxylation sites is 2. The summed E-state index contributed by atoms with van der Waals surface area (Å²) < 4.78 is 17.2. The van der Waals surface area contributed by atoms with Crippen molar-refractivity contribution in [2.24, 2.45) is 5.10 Å². The Morgan fingerprint density at radius 3 is 2.28 bits per heavy atom. The van der Waals surface area contributed by atoms with Gasteiger partial charge in [-0.05, 0) is 47.5 Å². The molecule has 0 bridgehead atoms. The van der Waals surface area contributed by atoms with Crippen molar-refractivity contribution in [1.82, 2.24) is 5.43 Å². The summed E-state index contributed by atoms with van der Waals surface area (Å²) >= 11 is 0. The highest BCUT2D eigenvalue weighted by molar-refractivity contribution is 5.85. The van der Waals surface area contributed by atoms with Crippen molar-refractivity contribution in [2.75, 3.05) is 7.11 Å². The van der Waals surface area contributed by atoms with Crippen molar-refractivity contribution >= 4 is 12.1 Å². The highest BCUT2D eigenvalue weighted by Crippen LogP contribution is 2.39. The Labute approximate surface area is 168 Å². The number of rotatable bonds is 5. The van der Waals surface area contributed by atoms with E-state index in [-0.39, 0.29) is 0 Å². The number of benzene rings is 3. The summed E-state index contributed by atoms with van der Waals surface area (Å²) in [6.07, 6.45) is 0.106. The lowest BCUT2D eigenvalue weighted by Crippen LogP contribution is -2.44. The van der Waals surface area contributed by atoms with E-state index in [1.165, 1.54) is 0 Å². The van der Waals surface area contributed by atoms with Crippen molar-refractivity contribution in [3.8, 4) is 17.2 Å². The maximum Gasteiger partial charge on any atom is 0.285 e. The maximum absolute atomic E-state index is 12.8. The van der Waals surface area contributed by atoms with Crippen LogP contribution < -0.4 is 19.6 Å². The van der Waals surface area contributed by atoms with Crippen LogP contribution in [0, 0.1) is 0 Å². The first kappa shape index (κ1) is 18.6. The predicted octanol–water partition coefficient (Wildman–Crippen LogP) is 3.73. The third kappa shape index (κ3) is 4.21. The van der Waals surface area contributed by atoms with E-state index in [0.717, 1.165) is 16.9 Å². The lowest BCUT2D eigenvalue weighted by molar-refractivity contribution is -0.134. The molecular weight excluding hydrogens is 368 g/mol. The van der Waals surface area contributed by atoms with Gasteiger partial charge in [0.15, 0.2) is 17.6 Å². The van der Waals surface area contributed by atoms with E-state index < -0.39 is 18.1 Å². The first-order valence-electron chi connectivity index (χ1n) is 9.19. The van der Waals surface area contributed by atoms with Crippen LogP contribution in [-0.4, -0.2) is 25.3 Å². The smallest absolute Gasteiger partial charge is 0.285 e. The number of methoxy groups -OCH3 is 1. The lowest BCUT2D eigenvalue weighted by atomic mass is 10.0. The van der Waals surface area contributed by atoms with Crippen molar-refractivity contribution in [3.63, 3.8) is 0 Å².